The molecule has 1 fully saturated rings. The van der Waals surface area contributed by atoms with Gasteiger partial charge < -0.3 is 41.5 Å². The number of β-lactam (4-membered cyclic amide) rings is 1. The summed E-state index contributed by atoms with van der Waals surface area (Å²) in [5.74, 6) is -11.2. The summed E-state index contributed by atoms with van der Waals surface area (Å²) in [4.78, 5) is 85.3. The zero-order chi connectivity index (χ0) is 37.9. The van der Waals surface area contributed by atoms with Crippen molar-refractivity contribution in [2.75, 3.05) is 31.4 Å². The summed E-state index contributed by atoms with van der Waals surface area (Å²) >= 11 is 3.30. The van der Waals surface area contributed by atoms with Gasteiger partial charge in [-0.1, -0.05) is 65.2 Å². The number of aromatic hydroxyl groups is 2. The standard InChI is InChI=1S/C32H30N6O11S3/c1-37-17-10-20(40)19(39)9-16(17)24(43)31(27(34)47,23(37)22(25(33)44)14-6-4-3-5-7-14)32(49-2)28(48)38(11-21(41)42)18(26(45)46)8-15(52-29(32)38)12-50-30-36-35-13-51-30/h3-10,13,15,22-23,29H,11-12H2,1-2H3,(H7-,33,34,39,40,41,42,43,44,45,46,47)/p+1/t15?,22?,23?,29-,31-,32-,38?/m0/s1. The Hall–Kier alpha value is -5.02. The van der Waals surface area contributed by atoms with Gasteiger partial charge in [-0.05, 0) is 17.7 Å². The van der Waals surface area contributed by atoms with E-state index < -0.39 is 103 Å². The van der Waals surface area contributed by atoms with Crippen molar-refractivity contribution in [1.82, 2.24) is 10.2 Å². The van der Waals surface area contributed by atoms with Gasteiger partial charge in [0.25, 0.3) is 5.60 Å². The van der Waals surface area contributed by atoms with E-state index in [0.717, 1.165) is 31.0 Å². The highest BCUT2D eigenvalue weighted by molar-refractivity contribution is 8.04. The molecule has 3 aliphatic rings. The summed E-state index contributed by atoms with van der Waals surface area (Å²) in [7, 11) is 2.35. The lowest BCUT2D eigenvalue weighted by molar-refractivity contribution is -0.864. The van der Waals surface area contributed by atoms with Crippen molar-refractivity contribution in [3.8, 4) is 11.5 Å². The van der Waals surface area contributed by atoms with Crippen molar-refractivity contribution in [2.24, 2.45) is 16.9 Å². The van der Waals surface area contributed by atoms with Crippen molar-refractivity contribution in [1.29, 1.82) is 0 Å². The number of carboxylic acids is 2. The average Bonchev–Trinajstić information content (AvgIpc) is 3.62. The third-order valence-electron chi connectivity index (χ3n) is 9.83. The number of quaternary nitrogens is 1. The number of phenolic OH excluding ortho intramolecular Hbond substituents is 2. The number of thioether (sulfide) groups is 2. The number of carbonyl (C=O) groups excluding carboxylic acids is 4. The molecule has 52 heavy (non-hydrogen) atoms. The maximum absolute atomic E-state index is 15.3. The number of ether oxygens (including phenoxy) is 1. The highest BCUT2D eigenvalue weighted by Crippen LogP contribution is 2.65. The molecule has 0 aliphatic carbocycles. The molecule has 0 spiro atoms. The van der Waals surface area contributed by atoms with E-state index in [0.29, 0.717) is 4.34 Å². The second-order valence-electron chi connectivity index (χ2n) is 12.3. The molecule has 3 amide bonds. The zero-order valence-corrected chi connectivity index (χ0v) is 29.7. The number of hydrogen-bond acceptors (Lipinski definition) is 15. The van der Waals surface area contributed by atoms with Crippen molar-refractivity contribution in [3.05, 3.63) is 70.9 Å². The number of primary amides is 2. The first-order chi connectivity index (χ1) is 24.6. The Balaban J connectivity index is 1.68. The van der Waals surface area contributed by atoms with Crippen LogP contribution in [0.15, 0.2) is 64.1 Å². The van der Waals surface area contributed by atoms with E-state index in [1.165, 1.54) is 58.8 Å². The van der Waals surface area contributed by atoms with E-state index in [-0.39, 0.29) is 17.0 Å². The number of carboxylic acid groups (broad SMARTS) is 2. The first-order valence-electron chi connectivity index (χ1n) is 15.3. The van der Waals surface area contributed by atoms with Gasteiger partial charge in [0.1, 0.15) is 5.51 Å². The molecule has 0 radical (unpaired) electrons. The number of nitrogens with zero attached hydrogens (tertiary/aromatic N) is 4. The van der Waals surface area contributed by atoms with Crippen LogP contribution in [0, 0.1) is 5.41 Å². The fraction of sp³-hybridized carbons (Fsp3) is 0.312. The number of aliphatic carboxylic acids is 2. The summed E-state index contributed by atoms with van der Waals surface area (Å²) in [6.45, 7) is -1.12. The molecule has 8 N–H and O–H groups in total. The average molecular weight is 772 g/mol. The van der Waals surface area contributed by atoms with E-state index in [1.807, 2.05) is 0 Å². The van der Waals surface area contributed by atoms with Crippen LogP contribution < -0.4 is 16.4 Å². The van der Waals surface area contributed by atoms with Crippen molar-refractivity contribution >= 4 is 76.0 Å². The van der Waals surface area contributed by atoms with Crippen LogP contribution in [0.2, 0.25) is 0 Å². The molecule has 17 nitrogen and oxygen atoms in total. The van der Waals surface area contributed by atoms with E-state index in [2.05, 4.69) is 10.2 Å². The number of nitrogens with two attached hydrogens (primary N) is 2. The topological polar surface area (TPSA) is 274 Å². The van der Waals surface area contributed by atoms with E-state index >= 15 is 9.59 Å². The van der Waals surface area contributed by atoms with Crippen LogP contribution in [0.1, 0.15) is 21.8 Å². The lowest BCUT2D eigenvalue weighted by Gasteiger charge is -2.66. The maximum Gasteiger partial charge on any atom is 0.390 e. The predicted molar refractivity (Wildman–Crippen MR) is 185 cm³/mol. The van der Waals surface area contributed by atoms with Crippen LogP contribution in [0.5, 0.6) is 11.5 Å². The van der Waals surface area contributed by atoms with Crippen molar-refractivity contribution < 1.29 is 58.4 Å². The number of benzene rings is 2. The molecule has 0 bridgehead atoms. The largest absolute Gasteiger partial charge is 0.504 e. The Morgan fingerprint density at radius 2 is 1.77 bits per heavy atom. The summed E-state index contributed by atoms with van der Waals surface area (Å²) in [5, 5.41) is 47.0. The minimum absolute atomic E-state index is 0.0811. The van der Waals surface area contributed by atoms with E-state index in [1.54, 1.807) is 18.2 Å². The fourth-order valence-electron chi connectivity index (χ4n) is 7.87. The molecule has 0 saturated carbocycles. The fourth-order valence-corrected chi connectivity index (χ4v) is 11.4. The number of aromatic nitrogens is 2. The smallest absolute Gasteiger partial charge is 0.390 e. The van der Waals surface area contributed by atoms with Gasteiger partial charge in [-0.15, -0.1) is 10.2 Å². The van der Waals surface area contributed by atoms with Crippen molar-refractivity contribution in [3.63, 3.8) is 0 Å². The number of likely N-dealkylation sites (N-methyl/N-ethyl adjacent to an activating group) is 1. The molecule has 2 aromatic carbocycles. The number of anilines is 1. The molecule has 272 valence electrons. The monoisotopic (exact) mass is 771 g/mol. The number of rotatable bonds is 12. The first-order valence-corrected chi connectivity index (χ1v) is 18.1. The van der Waals surface area contributed by atoms with Gasteiger partial charge in [-0.2, -0.15) is 4.48 Å². The highest BCUT2D eigenvalue weighted by Gasteiger charge is 2.91. The Bertz CT molecular complexity index is 2050. The summed E-state index contributed by atoms with van der Waals surface area (Å²) < 4.78 is 5.17. The number of hydrogen-bond donors (Lipinski definition) is 6. The Morgan fingerprint density at radius 3 is 2.33 bits per heavy atom. The minimum atomic E-state index is -2.96. The number of fused-ring (bicyclic) bond motifs is 2. The summed E-state index contributed by atoms with van der Waals surface area (Å²) in [5.41, 5.74) is 7.14. The Morgan fingerprint density at radius 1 is 1.10 bits per heavy atom. The van der Waals surface area contributed by atoms with Gasteiger partial charge in [0.05, 0.1) is 17.6 Å². The Labute approximate surface area is 306 Å². The van der Waals surface area contributed by atoms with Gasteiger partial charge in [0, 0.05) is 36.8 Å². The number of methoxy groups -OCH3 is 1. The molecule has 7 atom stereocenters. The van der Waals surface area contributed by atoms with Crippen LogP contribution in [-0.4, -0.2) is 119 Å². The molecular weight excluding hydrogens is 741 g/mol. The van der Waals surface area contributed by atoms with Gasteiger partial charge in [0.2, 0.25) is 17.5 Å². The molecular formula is C32H31N6O11S3+. The summed E-state index contributed by atoms with van der Waals surface area (Å²) in [6, 6.07) is 7.85. The summed E-state index contributed by atoms with van der Waals surface area (Å²) in [6.07, 6.45) is 1.24. The van der Waals surface area contributed by atoms with Gasteiger partial charge in [0.15, 0.2) is 39.0 Å². The molecule has 20 heteroatoms. The molecule has 3 aromatic rings. The first kappa shape index (κ1) is 36.8. The molecule has 4 unspecified atom stereocenters. The number of amides is 3. The molecule has 3 aliphatic heterocycles. The van der Waals surface area contributed by atoms with E-state index in [9.17, 15) is 39.6 Å². The molecule has 6 rings (SSSR count). The number of ketones is 1. The third kappa shape index (κ3) is 4.99. The SMILES string of the molecule is CO[C@@]1([C@]2(C(N)=O)C(=O)c3cc(O)c(O)cc3N(C)C2C(C(N)=O)c2ccccc2)C(=O)[N+]2(CC(=O)O)C(C(=O)O)=CC(CSc3nncs3)S[C@@H]12. The normalized spacial score (nSPS) is 28.5. The van der Waals surface area contributed by atoms with Crippen LogP contribution in [0.4, 0.5) is 5.69 Å². The lowest BCUT2D eigenvalue weighted by Crippen LogP contribution is -2.93. The van der Waals surface area contributed by atoms with Gasteiger partial charge in [-0.25, -0.2) is 14.4 Å². The van der Waals surface area contributed by atoms with Gasteiger partial charge >= 0.3 is 17.8 Å². The molecule has 1 aromatic heterocycles. The highest BCUT2D eigenvalue weighted by atomic mass is 32.2. The zero-order valence-electron chi connectivity index (χ0n) is 27.2. The van der Waals surface area contributed by atoms with Gasteiger partial charge in [-0.3, -0.25) is 14.4 Å². The second-order valence-corrected chi connectivity index (χ2v) is 15.7. The second kappa shape index (κ2) is 13.2. The van der Waals surface area contributed by atoms with E-state index in [4.69, 9.17) is 16.2 Å². The van der Waals surface area contributed by atoms with Crippen LogP contribution in [-0.2, 0) is 28.7 Å². The van der Waals surface area contributed by atoms with Crippen molar-refractivity contribution in [2.45, 2.75) is 32.5 Å². The Kier molecular flexibility index (Phi) is 9.32. The lowest BCUT2D eigenvalue weighted by atomic mass is 9.52. The maximum atomic E-state index is 15.3. The number of carbonyl (C=O) groups is 6. The quantitative estimate of drug-likeness (QED) is 0.0487. The van der Waals surface area contributed by atoms with Crippen LogP contribution in [0.25, 0.3) is 0 Å². The minimum Gasteiger partial charge on any atom is -0.504 e. The van der Waals surface area contributed by atoms with Crippen LogP contribution >= 0.6 is 34.9 Å². The third-order valence-corrected chi connectivity index (χ3v) is 13.6. The molecule has 4 heterocycles. The van der Waals surface area contributed by atoms with Crippen LogP contribution in [0.3, 0.4) is 0 Å². The molecule has 1 saturated heterocycles. The number of phenols is 2. The predicted octanol–water partition coefficient (Wildman–Crippen LogP) is 0.720. The number of Topliss-reactive ketones (excluding diaryl/α,β-unsaturated/α-hetero) is 1.